The van der Waals surface area contributed by atoms with Crippen molar-refractivity contribution in [1.82, 2.24) is 15.1 Å². The number of nitrogens with one attached hydrogen (secondary N) is 1. The van der Waals surface area contributed by atoms with Crippen LogP contribution in [0.5, 0.6) is 11.5 Å². The molecule has 0 saturated carbocycles. The van der Waals surface area contributed by atoms with E-state index < -0.39 is 0 Å². The second kappa shape index (κ2) is 8.71. The van der Waals surface area contributed by atoms with Gasteiger partial charge in [-0.25, -0.2) is 4.98 Å². The number of aromatic nitrogens is 3. The molecule has 8 nitrogen and oxygen atoms in total. The minimum atomic E-state index is -0.0612. The summed E-state index contributed by atoms with van der Waals surface area (Å²) in [7, 11) is 3.14. The molecule has 2 N–H and O–H groups in total. The van der Waals surface area contributed by atoms with E-state index in [4.69, 9.17) is 14.0 Å². The molecule has 0 fully saturated rings. The van der Waals surface area contributed by atoms with E-state index in [1.807, 2.05) is 38.1 Å². The molecule has 2 aromatic heterocycles. The van der Waals surface area contributed by atoms with E-state index in [-0.39, 0.29) is 18.6 Å². The molecule has 148 valence electrons. The van der Waals surface area contributed by atoms with Gasteiger partial charge < -0.3 is 24.4 Å². The molecule has 0 unspecified atom stereocenters. The van der Waals surface area contributed by atoms with Crippen LogP contribution in [0.1, 0.15) is 13.8 Å². The van der Waals surface area contributed by atoms with E-state index in [0.29, 0.717) is 40.2 Å². The van der Waals surface area contributed by atoms with Crippen molar-refractivity contribution in [2.45, 2.75) is 19.9 Å². The van der Waals surface area contributed by atoms with Crippen molar-refractivity contribution in [2.75, 3.05) is 26.1 Å². The van der Waals surface area contributed by atoms with Crippen molar-refractivity contribution in [2.24, 2.45) is 5.92 Å². The zero-order chi connectivity index (χ0) is 20.1. The quantitative estimate of drug-likeness (QED) is 0.610. The van der Waals surface area contributed by atoms with Gasteiger partial charge in [0, 0.05) is 6.20 Å². The number of hydrogen-bond donors (Lipinski definition) is 2. The standard InChI is InChI=1S/C20H24N4O4/c1-12(2)15(11-25)22-17-9-8-13(10-21-17)20-23-19(24-28-20)14-6-5-7-16(26-3)18(14)27-4/h5-10,12,15,25H,11H2,1-4H3,(H,21,22)/t15-/m0/s1. The van der Waals surface area contributed by atoms with Crippen molar-refractivity contribution in [1.29, 1.82) is 0 Å². The second-order valence-electron chi connectivity index (χ2n) is 6.57. The third-order valence-electron chi connectivity index (χ3n) is 4.42. The highest BCUT2D eigenvalue weighted by molar-refractivity contribution is 5.69. The van der Waals surface area contributed by atoms with Crippen molar-refractivity contribution in [3.63, 3.8) is 0 Å². The van der Waals surface area contributed by atoms with Crippen LogP contribution in [-0.4, -0.2) is 47.1 Å². The topological polar surface area (TPSA) is 103 Å². The van der Waals surface area contributed by atoms with E-state index in [1.54, 1.807) is 26.5 Å². The van der Waals surface area contributed by atoms with Crippen LogP contribution in [0.2, 0.25) is 0 Å². The Morgan fingerprint density at radius 3 is 2.57 bits per heavy atom. The Morgan fingerprint density at radius 1 is 1.14 bits per heavy atom. The molecule has 0 spiro atoms. The maximum atomic E-state index is 9.44. The van der Waals surface area contributed by atoms with E-state index >= 15 is 0 Å². The zero-order valence-corrected chi connectivity index (χ0v) is 16.3. The molecule has 8 heteroatoms. The highest BCUT2D eigenvalue weighted by Gasteiger charge is 2.18. The minimum Gasteiger partial charge on any atom is -0.493 e. The number of rotatable bonds is 8. The van der Waals surface area contributed by atoms with Gasteiger partial charge in [-0.15, -0.1) is 0 Å². The molecule has 0 radical (unpaired) electrons. The van der Waals surface area contributed by atoms with Crippen LogP contribution in [-0.2, 0) is 0 Å². The molecule has 2 heterocycles. The molecule has 3 rings (SSSR count). The van der Waals surface area contributed by atoms with Crippen molar-refractivity contribution >= 4 is 5.82 Å². The Labute approximate surface area is 163 Å². The van der Waals surface area contributed by atoms with Gasteiger partial charge in [0.05, 0.1) is 38.0 Å². The molecule has 3 aromatic rings. The van der Waals surface area contributed by atoms with Crippen LogP contribution in [0.25, 0.3) is 22.8 Å². The number of aliphatic hydroxyl groups is 1. The fourth-order valence-electron chi connectivity index (χ4n) is 2.73. The van der Waals surface area contributed by atoms with Crippen molar-refractivity contribution in [3.8, 4) is 34.3 Å². The van der Waals surface area contributed by atoms with Crippen LogP contribution < -0.4 is 14.8 Å². The Kier molecular flexibility index (Phi) is 6.10. The summed E-state index contributed by atoms with van der Waals surface area (Å²) in [6.07, 6.45) is 1.65. The smallest absolute Gasteiger partial charge is 0.259 e. The number of anilines is 1. The molecular formula is C20H24N4O4. The highest BCUT2D eigenvalue weighted by atomic mass is 16.5. The number of para-hydroxylation sites is 1. The molecule has 1 atom stereocenters. The SMILES string of the molecule is COc1cccc(-c2noc(-c3ccc(N[C@@H](CO)C(C)C)nc3)n2)c1OC. The second-order valence-corrected chi connectivity index (χ2v) is 6.57. The van der Waals surface area contributed by atoms with Crippen LogP contribution in [0.4, 0.5) is 5.82 Å². The molecule has 0 saturated heterocycles. The first kappa shape index (κ1) is 19.6. The summed E-state index contributed by atoms with van der Waals surface area (Å²) in [5, 5.41) is 16.7. The normalized spacial score (nSPS) is 12.1. The predicted molar refractivity (Wildman–Crippen MR) is 105 cm³/mol. The van der Waals surface area contributed by atoms with Gasteiger partial charge in [-0.2, -0.15) is 4.98 Å². The average Bonchev–Trinajstić information content (AvgIpc) is 3.21. The largest absolute Gasteiger partial charge is 0.493 e. The zero-order valence-electron chi connectivity index (χ0n) is 16.3. The number of pyridine rings is 1. The molecule has 0 aliphatic rings. The highest BCUT2D eigenvalue weighted by Crippen LogP contribution is 2.37. The molecule has 0 aliphatic carbocycles. The molecule has 0 bridgehead atoms. The number of methoxy groups -OCH3 is 2. The molecule has 1 aromatic carbocycles. The summed E-state index contributed by atoms with van der Waals surface area (Å²) in [4.78, 5) is 8.83. The number of benzene rings is 1. The Hall–Kier alpha value is -3.13. The van der Waals surface area contributed by atoms with E-state index in [0.717, 1.165) is 0 Å². The van der Waals surface area contributed by atoms with Gasteiger partial charge in [0.1, 0.15) is 5.82 Å². The van der Waals surface area contributed by atoms with Gasteiger partial charge >= 0.3 is 0 Å². The lowest BCUT2D eigenvalue weighted by atomic mass is 10.1. The predicted octanol–water partition coefficient (Wildman–Crippen LogP) is 3.24. The lowest BCUT2D eigenvalue weighted by Crippen LogP contribution is -2.29. The summed E-state index contributed by atoms with van der Waals surface area (Å²) in [5.74, 6) is 2.83. The van der Waals surface area contributed by atoms with Gasteiger partial charge in [0.25, 0.3) is 5.89 Å². The van der Waals surface area contributed by atoms with E-state index in [9.17, 15) is 5.11 Å². The first-order valence-electron chi connectivity index (χ1n) is 8.96. The molecule has 0 aliphatic heterocycles. The lowest BCUT2D eigenvalue weighted by Gasteiger charge is -2.20. The van der Waals surface area contributed by atoms with Gasteiger partial charge in [0.2, 0.25) is 5.82 Å². The summed E-state index contributed by atoms with van der Waals surface area (Å²) >= 11 is 0. The molecule has 28 heavy (non-hydrogen) atoms. The fraction of sp³-hybridized carbons (Fsp3) is 0.350. The summed E-state index contributed by atoms with van der Waals surface area (Å²) in [6, 6.07) is 9.06. The molecular weight excluding hydrogens is 360 g/mol. The number of nitrogens with zero attached hydrogens (tertiary/aromatic N) is 3. The summed E-state index contributed by atoms with van der Waals surface area (Å²) < 4.78 is 16.1. The van der Waals surface area contributed by atoms with Crippen molar-refractivity contribution in [3.05, 3.63) is 36.5 Å². The van der Waals surface area contributed by atoms with E-state index in [1.165, 1.54) is 0 Å². The van der Waals surface area contributed by atoms with Gasteiger partial charge in [-0.05, 0) is 30.2 Å². The third kappa shape index (κ3) is 4.07. The first-order chi connectivity index (χ1) is 13.6. The monoisotopic (exact) mass is 384 g/mol. The maximum Gasteiger partial charge on any atom is 0.259 e. The average molecular weight is 384 g/mol. The Morgan fingerprint density at radius 2 is 1.96 bits per heavy atom. The van der Waals surface area contributed by atoms with Gasteiger partial charge in [-0.1, -0.05) is 25.1 Å². The number of hydrogen-bond acceptors (Lipinski definition) is 8. The van der Waals surface area contributed by atoms with Crippen molar-refractivity contribution < 1.29 is 19.1 Å². The summed E-state index contributed by atoms with van der Waals surface area (Å²) in [6.45, 7) is 4.11. The third-order valence-corrected chi connectivity index (χ3v) is 4.42. The van der Waals surface area contributed by atoms with Crippen LogP contribution in [0, 0.1) is 5.92 Å². The summed E-state index contributed by atoms with van der Waals surface area (Å²) in [5.41, 5.74) is 1.36. The maximum absolute atomic E-state index is 9.44. The van der Waals surface area contributed by atoms with Crippen LogP contribution in [0.15, 0.2) is 41.1 Å². The fourth-order valence-corrected chi connectivity index (χ4v) is 2.73. The van der Waals surface area contributed by atoms with Gasteiger partial charge in [0.15, 0.2) is 11.5 Å². The Balaban J connectivity index is 1.83. The minimum absolute atomic E-state index is 0.0382. The van der Waals surface area contributed by atoms with Crippen LogP contribution in [0.3, 0.4) is 0 Å². The first-order valence-corrected chi connectivity index (χ1v) is 8.96. The Bertz CT molecular complexity index is 909. The van der Waals surface area contributed by atoms with Crippen LogP contribution >= 0.6 is 0 Å². The number of aliphatic hydroxyl groups excluding tert-OH is 1. The number of ether oxygens (including phenoxy) is 2. The lowest BCUT2D eigenvalue weighted by molar-refractivity contribution is 0.249. The van der Waals surface area contributed by atoms with E-state index in [2.05, 4.69) is 20.4 Å². The van der Waals surface area contributed by atoms with Gasteiger partial charge in [-0.3, -0.25) is 0 Å². The molecule has 0 amide bonds.